The standard InChI is InChI=1S/C10H8ClN5O3S/c1-4-13-10(15-14-4)20-8-6(11)2-5(9(12)17)3-7(8)16(18)19/h2-3H,1H3,(H2,12,17)(H,13,14,15). The number of primary amides is 1. The molecule has 0 saturated heterocycles. The van der Waals surface area contributed by atoms with Crippen molar-refractivity contribution < 1.29 is 9.72 Å². The van der Waals surface area contributed by atoms with Crippen LogP contribution in [0.4, 0.5) is 5.69 Å². The molecule has 20 heavy (non-hydrogen) atoms. The highest BCUT2D eigenvalue weighted by atomic mass is 35.5. The Morgan fingerprint density at radius 3 is 2.75 bits per heavy atom. The molecule has 0 saturated carbocycles. The van der Waals surface area contributed by atoms with Gasteiger partial charge in [0.05, 0.1) is 9.95 Å². The number of amides is 1. The lowest BCUT2D eigenvalue weighted by Gasteiger charge is -2.04. The van der Waals surface area contributed by atoms with Gasteiger partial charge in [-0.3, -0.25) is 20.0 Å². The van der Waals surface area contributed by atoms with Crippen molar-refractivity contribution in [3.8, 4) is 0 Å². The topological polar surface area (TPSA) is 128 Å². The Balaban J connectivity index is 2.51. The van der Waals surface area contributed by atoms with Gasteiger partial charge in [0.15, 0.2) is 0 Å². The van der Waals surface area contributed by atoms with Gasteiger partial charge in [-0.25, -0.2) is 4.98 Å². The molecule has 104 valence electrons. The largest absolute Gasteiger partial charge is 0.366 e. The van der Waals surface area contributed by atoms with Crippen LogP contribution in [0.5, 0.6) is 0 Å². The molecule has 1 amide bonds. The smallest absolute Gasteiger partial charge is 0.285 e. The number of aromatic amines is 1. The van der Waals surface area contributed by atoms with Crippen LogP contribution in [0.1, 0.15) is 16.2 Å². The van der Waals surface area contributed by atoms with Crippen LogP contribution >= 0.6 is 23.4 Å². The molecule has 0 fully saturated rings. The number of aromatic nitrogens is 3. The molecule has 8 nitrogen and oxygen atoms in total. The minimum atomic E-state index is -0.791. The van der Waals surface area contributed by atoms with E-state index in [0.717, 1.165) is 17.8 Å². The van der Waals surface area contributed by atoms with E-state index in [2.05, 4.69) is 15.2 Å². The van der Waals surface area contributed by atoms with E-state index >= 15 is 0 Å². The van der Waals surface area contributed by atoms with E-state index in [9.17, 15) is 14.9 Å². The normalized spacial score (nSPS) is 10.5. The van der Waals surface area contributed by atoms with Gasteiger partial charge in [-0.2, -0.15) is 0 Å². The van der Waals surface area contributed by atoms with E-state index in [1.165, 1.54) is 6.07 Å². The average molecular weight is 314 g/mol. The van der Waals surface area contributed by atoms with Crippen molar-refractivity contribution in [2.45, 2.75) is 17.0 Å². The molecule has 0 aliphatic rings. The molecule has 3 N–H and O–H groups in total. The number of hydrogen-bond acceptors (Lipinski definition) is 6. The van der Waals surface area contributed by atoms with Crippen LogP contribution in [-0.4, -0.2) is 26.0 Å². The predicted octanol–water partition coefficient (Wildman–Crippen LogP) is 1.92. The van der Waals surface area contributed by atoms with Crippen LogP contribution in [0.15, 0.2) is 22.2 Å². The third-order valence-electron chi connectivity index (χ3n) is 2.28. The van der Waals surface area contributed by atoms with Crippen molar-refractivity contribution in [2.75, 3.05) is 0 Å². The summed E-state index contributed by atoms with van der Waals surface area (Å²) in [5.41, 5.74) is 4.75. The van der Waals surface area contributed by atoms with Crippen LogP contribution in [0.2, 0.25) is 5.02 Å². The van der Waals surface area contributed by atoms with Gasteiger partial charge in [-0.15, -0.1) is 5.10 Å². The summed E-state index contributed by atoms with van der Waals surface area (Å²) in [5.74, 6) is -0.222. The Labute approximate surface area is 121 Å². The number of benzene rings is 1. The van der Waals surface area contributed by atoms with E-state index in [0.29, 0.717) is 11.0 Å². The Hall–Kier alpha value is -2.13. The van der Waals surface area contributed by atoms with E-state index in [1.807, 2.05) is 0 Å². The second kappa shape index (κ2) is 5.47. The molecule has 0 unspecified atom stereocenters. The van der Waals surface area contributed by atoms with E-state index in [-0.39, 0.29) is 21.2 Å². The Kier molecular flexibility index (Phi) is 3.91. The quantitative estimate of drug-likeness (QED) is 0.655. The number of carbonyl (C=O) groups is 1. The van der Waals surface area contributed by atoms with Crippen molar-refractivity contribution in [1.29, 1.82) is 0 Å². The summed E-state index contributed by atoms with van der Waals surface area (Å²) in [6.07, 6.45) is 0. The maximum Gasteiger partial charge on any atom is 0.285 e. The number of nitro benzene ring substituents is 1. The summed E-state index contributed by atoms with van der Waals surface area (Å²) in [6.45, 7) is 1.70. The maximum atomic E-state index is 11.1. The van der Waals surface area contributed by atoms with E-state index < -0.39 is 10.8 Å². The molecule has 0 aliphatic heterocycles. The van der Waals surface area contributed by atoms with Crippen molar-refractivity contribution >= 4 is 35.0 Å². The van der Waals surface area contributed by atoms with E-state index in [1.54, 1.807) is 6.92 Å². The molecule has 1 heterocycles. The molecule has 0 bridgehead atoms. The second-order valence-electron chi connectivity index (χ2n) is 3.73. The van der Waals surface area contributed by atoms with Crippen LogP contribution in [0.3, 0.4) is 0 Å². The minimum Gasteiger partial charge on any atom is -0.366 e. The third kappa shape index (κ3) is 2.89. The number of nitro groups is 1. The van der Waals surface area contributed by atoms with Crippen molar-refractivity contribution in [3.63, 3.8) is 0 Å². The van der Waals surface area contributed by atoms with Gasteiger partial charge < -0.3 is 5.73 Å². The zero-order valence-electron chi connectivity index (χ0n) is 10.1. The van der Waals surface area contributed by atoms with E-state index in [4.69, 9.17) is 17.3 Å². The highest BCUT2D eigenvalue weighted by Crippen LogP contribution is 2.39. The molecule has 0 spiro atoms. The summed E-state index contributed by atoms with van der Waals surface area (Å²) in [5, 5.41) is 17.9. The number of hydrogen-bond donors (Lipinski definition) is 2. The fourth-order valence-corrected chi connectivity index (χ4v) is 2.60. The van der Waals surface area contributed by atoms with Gasteiger partial charge in [-0.05, 0) is 24.8 Å². The van der Waals surface area contributed by atoms with Crippen molar-refractivity contribution in [1.82, 2.24) is 15.2 Å². The van der Waals surface area contributed by atoms with Gasteiger partial charge in [0.2, 0.25) is 11.1 Å². The molecule has 0 aliphatic carbocycles. The van der Waals surface area contributed by atoms with Crippen LogP contribution in [0.25, 0.3) is 0 Å². The number of nitrogens with one attached hydrogen (secondary N) is 1. The molecule has 1 aromatic heterocycles. The lowest BCUT2D eigenvalue weighted by molar-refractivity contribution is -0.387. The number of nitrogens with two attached hydrogens (primary N) is 1. The Morgan fingerprint density at radius 1 is 1.55 bits per heavy atom. The van der Waals surface area contributed by atoms with Gasteiger partial charge in [0, 0.05) is 11.6 Å². The van der Waals surface area contributed by atoms with Gasteiger partial charge in [-0.1, -0.05) is 11.6 Å². The number of rotatable bonds is 4. The van der Waals surface area contributed by atoms with Crippen molar-refractivity contribution in [3.05, 3.63) is 38.7 Å². The first-order valence-corrected chi connectivity index (χ1v) is 6.42. The molecule has 1 aromatic carbocycles. The lowest BCUT2D eigenvalue weighted by Crippen LogP contribution is -2.11. The lowest BCUT2D eigenvalue weighted by atomic mass is 10.2. The fourth-order valence-electron chi connectivity index (χ4n) is 1.42. The monoisotopic (exact) mass is 313 g/mol. The number of aryl methyl sites for hydroxylation is 1. The first-order chi connectivity index (χ1) is 9.38. The highest BCUT2D eigenvalue weighted by molar-refractivity contribution is 7.99. The summed E-state index contributed by atoms with van der Waals surface area (Å²) in [6, 6.07) is 2.36. The number of H-pyrrole nitrogens is 1. The number of halogens is 1. The Morgan fingerprint density at radius 2 is 2.25 bits per heavy atom. The first-order valence-electron chi connectivity index (χ1n) is 5.23. The number of carbonyl (C=O) groups excluding carboxylic acids is 1. The summed E-state index contributed by atoms with van der Waals surface area (Å²) in [4.78, 5) is 25.7. The molecule has 0 radical (unpaired) electrons. The van der Waals surface area contributed by atoms with Crippen LogP contribution < -0.4 is 5.73 Å². The number of nitrogens with zero attached hydrogens (tertiary/aromatic N) is 3. The maximum absolute atomic E-state index is 11.1. The Bertz CT molecular complexity index is 702. The van der Waals surface area contributed by atoms with Gasteiger partial charge >= 0.3 is 0 Å². The van der Waals surface area contributed by atoms with Crippen LogP contribution in [-0.2, 0) is 0 Å². The summed E-state index contributed by atoms with van der Waals surface area (Å²) >= 11 is 6.91. The highest BCUT2D eigenvalue weighted by Gasteiger charge is 2.23. The summed E-state index contributed by atoms with van der Waals surface area (Å²) < 4.78 is 0. The third-order valence-corrected chi connectivity index (χ3v) is 3.68. The minimum absolute atomic E-state index is 0.0304. The van der Waals surface area contributed by atoms with Gasteiger partial charge in [0.1, 0.15) is 10.7 Å². The fraction of sp³-hybridized carbons (Fsp3) is 0.100. The second-order valence-corrected chi connectivity index (χ2v) is 5.12. The van der Waals surface area contributed by atoms with Crippen LogP contribution in [0, 0.1) is 17.0 Å². The molecular weight excluding hydrogens is 306 g/mol. The molecule has 0 atom stereocenters. The zero-order valence-corrected chi connectivity index (χ0v) is 11.7. The zero-order chi connectivity index (χ0) is 14.9. The predicted molar refractivity (Wildman–Crippen MR) is 71.9 cm³/mol. The van der Waals surface area contributed by atoms with Crippen molar-refractivity contribution in [2.24, 2.45) is 5.73 Å². The average Bonchev–Trinajstić information content (AvgIpc) is 2.76. The molecular formula is C10H8ClN5O3S. The van der Waals surface area contributed by atoms with Gasteiger partial charge in [0.25, 0.3) is 5.69 Å². The first kappa shape index (κ1) is 14.3. The molecule has 2 aromatic rings. The SMILES string of the molecule is Cc1nc(Sc2c(Cl)cc(C(N)=O)cc2[N+](=O)[O-])n[nH]1. The summed E-state index contributed by atoms with van der Waals surface area (Å²) in [7, 11) is 0. The molecule has 2 rings (SSSR count). The molecule has 10 heteroatoms.